The van der Waals surface area contributed by atoms with Gasteiger partial charge >= 0.3 is 0 Å². The van der Waals surface area contributed by atoms with Crippen LogP contribution in [0, 0.1) is 11.3 Å². The van der Waals surface area contributed by atoms with Crippen molar-refractivity contribution in [3.63, 3.8) is 0 Å². The normalized spacial score (nSPS) is 23.0. The highest BCUT2D eigenvalue weighted by atomic mass is 35.5. The Hall–Kier alpha value is -1.25. The summed E-state index contributed by atoms with van der Waals surface area (Å²) in [5.74, 6) is 0. The van der Waals surface area contributed by atoms with E-state index in [1.807, 2.05) is 6.07 Å². The van der Waals surface area contributed by atoms with Gasteiger partial charge in [-0.25, -0.2) is 8.42 Å². The number of sulfone groups is 1. The van der Waals surface area contributed by atoms with Gasteiger partial charge in [0.25, 0.3) is 0 Å². The van der Waals surface area contributed by atoms with E-state index in [-0.39, 0.29) is 11.3 Å². The fraction of sp³-hybridized carbons (Fsp3) is 0.462. The molecule has 2 atom stereocenters. The zero-order chi connectivity index (χ0) is 14.0. The van der Waals surface area contributed by atoms with E-state index in [4.69, 9.17) is 16.9 Å². The number of nitriles is 1. The lowest BCUT2D eigenvalue weighted by atomic mass is 10.2. The van der Waals surface area contributed by atoms with E-state index in [1.54, 1.807) is 18.2 Å². The van der Waals surface area contributed by atoms with Gasteiger partial charge in [0.1, 0.15) is 6.07 Å². The molecule has 1 aliphatic rings. The lowest BCUT2D eigenvalue weighted by molar-refractivity contribution is 0.579. The minimum Gasteiger partial charge on any atom is -0.381 e. The Balaban J connectivity index is 2.18. The fourth-order valence-electron chi connectivity index (χ4n) is 2.51. The molecule has 0 heterocycles. The van der Waals surface area contributed by atoms with Gasteiger partial charge in [-0.1, -0.05) is 11.6 Å². The number of anilines is 1. The summed E-state index contributed by atoms with van der Waals surface area (Å²) in [7, 11) is -3.04. The van der Waals surface area contributed by atoms with E-state index in [0.717, 1.165) is 18.5 Å². The molecular weight excluding hydrogens is 284 g/mol. The summed E-state index contributed by atoms with van der Waals surface area (Å²) < 4.78 is 23.4. The molecule has 0 radical (unpaired) electrons. The van der Waals surface area contributed by atoms with Crippen molar-refractivity contribution in [2.75, 3.05) is 11.6 Å². The number of benzene rings is 1. The largest absolute Gasteiger partial charge is 0.381 e. The topological polar surface area (TPSA) is 70.0 Å². The smallest absolute Gasteiger partial charge is 0.152 e. The van der Waals surface area contributed by atoms with Gasteiger partial charge in [-0.05, 0) is 37.5 Å². The Morgan fingerprint density at radius 1 is 1.42 bits per heavy atom. The van der Waals surface area contributed by atoms with Crippen molar-refractivity contribution in [3.8, 4) is 6.07 Å². The van der Waals surface area contributed by atoms with Crippen LogP contribution in [0.5, 0.6) is 0 Å². The molecular formula is C13H15ClN2O2S. The number of hydrogen-bond acceptors (Lipinski definition) is 4. The van der Waals surface area contributed by atoms with Gasteiger partial charge in [0, 0.05) is 18.0 Å². The number of rotatable bonds is 3. The summed E-state index contributed by atoms with van der Waals surface area (Å²) in [5, 5.41) is 12.1. The molecule has 0 aromatic heterocycles. The highest BCUT2D eigenvalue weighted by Crippen LogP contribution is 2.29. The molecule has 102 valence electrons. The predicted molar refractivity (Wildman–Crippen MR) is 76.1 cm³/mol. The van der Waals surface area contributed by atoms with E-state index in [2.05, 4.69) is 5.32 Å². The van der Waals surface area contributed by atoms with Gasteiger partial charge in [-0.2, -0.15) is 5.26 Å². The van der Waals surface area contributed by atoms with Gasteiger partial charge < -0.3 is 5.32 Å². The number of nitrogens with zero attached hydrogens (tertiary/aromatic N) is 1. The van der Waals surface area contributed by atoms with Crippen LogP contribution in [0.3, 0.4) is 0 Å². The molecule has 1 aromatic rings. The van der Waals surface area contributed by atoms with Crippen LogP contribution in [0.1, 0.15) is 24.8 Å². The van der Waals surface area contributed by atoms with Crippen LogP contribution >= 0.6 is 11.6 Å². The zero-order valence-corrected chi connectivity index (χ0v) is 12.1. The second kappa shape index (κ2) is 5.40. The van der Waals surface area contributed by atoms with Crippen molar-refractivity contribution in [1.29, 1.82) is 5.26 Å². The molecule has 6 heteroatoms. The van der Waals surface area contributed by atoms with E-state index in [0.29, 0.717) is 17.0 Å². The molecule has 19 heavy (non-hydrogen) atoms. The molecule has 1 fully saturated rings. The van der Waals surface area contributed by atoms with Crippen LogP contribution in [0.25, 0.3) is 0 Å². The molecule has 1 aromatic carbocycles. The van der Waals surface area contributed by atoms with E-state index in [9.17, 15) is 8.42 Å². The molecule has 2 unspecified atom stereocenters. The Labute approximate surface area is 118 Å². The quantitative estimate of drug-likeness (QED) is 0.931. The Bertz CT molecular complexity index is 622. The molecule has 0 bridgehead atoms. The van der Waals surface area contributed by atoms with Gasteiger partial charge in [0.05, 0.1) is 15.8 Å². The van der Waals surface area contributed by atoms with Crippen LogP contribution in [-0.2, 0) is 9.84 Å². The third-order valence-corrected chi connectivity index (χ3v) is 5.42. The summed E-state index contributed by atoms with van der Waals surface area (Å²) in [6.45, 7) is 0. The molecule has 0 spiro atoms. The summed E-state index contributed by atoms with van der Waals surface area (Å²) >= 11 is 5.96. The van der Waals surface area contributed by atoms with Gasteiger partial charge in [0.15, 0.2) is 9.84 Å². The molecule has 0 saturated heterocycles. The third kappa shape index (κ3) is 3.20. The van der Waals surface area contributed by atoms with Crippen LogP contribution in [0.4, 0.5) is 5.69 Å². The average Bonchev–Trinajstić information content (AvgIpc) is 2.77. The highest BCUT2D eigenvalue weighted by Gasteiger charge is 2.34. The van der Waals surface area contributed by atoms with Crippen LogP contribution in [0.15, 0.2) is 18.2 Å². The summed E-state index contributed by atoms with van der Waals surface area (Å²) in [6.07, 6.45) is 3.71. The highest BCUT2D eigenvalue weighted by molar-refractivity contribution is 7.91. The first-order chi connectivity index (χ1) is 8.91. The average molecular weight is 299 g/mol. The maximum atomic E-state index is 11.7. The molecule has 1 aliphatic carbocycles. The van der Waals surface area contributed by atoms with Crippen LogP contribution in [0.2, 0.25) is 5.02 Å². The molecule has 4 nitrogen and oxygen atoms in total. The van der Waals surface area contributed by atoms with E-state index in [1.165, 1.54) is 6.26 Å². The first kappa shape index (κ1) is 14.2. The monoisotopic (exact) mass is 298 g/mol. The molecule has 1 saturated carbocycles. The number of halogens is 1. The van der Waals surface area contributed by atoms with Crippen molar-refractivity contribution in [2.45, 2.75) is 30.6 Å². The Kier molecular flexibility index (Phi) is 4.02. The molecule has 2 rings (SSSR count). The molecule has 1 N–H and O–H groups in total. The molecule has 0 aliphatic heterocycles. The predicted octanol–water partition coefficient (Wildman–Crippen LogP) is 2.59. The second-order valence-electron chi connectivity index (χ2n) is 4.86. The van der Waals surface area contributed by atoms with Crippen molar-refractivity contribution in [2.24, 2.45) is 0 Å². The molecule has 0 amide bonds. The summed E-state index contributed by atoms with van der Waals surface area (Å²) in [6, 6.07) is 6.96. The lowest BCUT2D eigenvalue weighted by Gasteiger charge is -2.20. The summed E-state index contributed by atoms with van der Waals surface area (Å²) in [4.78, 5) is 0. The van der Waals surface area contributed by atoms with Crippen LogP contribution < -0.4 is 5.32 Å². The maximum absolute atomic E-state index is 11.7. The fourth-order valence-corrected chi connectivity index (χ4v) is 4.13. The standard InChI is InChI=1S/C13H15ClN2O2S/c1-19(17,18)13-4-2-3-12(13)16-10-6-5-9(8-15)11(14)7-10/h5-7,12-13,16H,2-4H2,1H3. The van der Waals surface area contributed by atoms with Crippen molar-refractivity contribution >= 4 is 27.1 Å². The van der Waals surface area contributed by atoms with Crippen molar-refractivity contribution in [3.05, 3.63) is 28.8 Å². The van der Waals surface area contributed by atoms with E-state index >= 15 is 0 Å². The van der Waals surface area contributed by atoms with Gasteiger partial charge in [0.2, 0.25) is 0 Å². The van der Waals surface area contributed by atoms with Gasteiger partial charge in [-0.3, -0.25) is 0 Å². The van der Waals surface area contributed by atoms with Gasteiger partial charge in [-0.15, -0.1) is 0 Å². The summed E-state index contributed by atoms with van der Waals surface area (Å²) in [5.41, 5.74) is 1.17. The second-order valence-corrected chi connectivity index (χ2v) is 7.53. The van der Waals surface area contributed by atoms with Crippen molar-refractivity contribution < 1.29 is 8.42 Å². The first-order valence-electron chi connectivity index (χ1n) is 6.07. The lowest BCUT2D eigenvalue weighted by Crippen LogP contribution is -2.34. The SMILES string of the molecule is CS(=O)(=O)C1CCCC1Nc1ccc(C#N)c(Cl)c1. The minimum atomic E-state index is -3.04. The Morgan fingerprint density at radius 2 is 2.16 bits per heavy atom. The van der Waals surface area contributed by atoms with Crippen LogP contribution in [-0.4, -0.2) is 26.0 Å². The number of nitrogens with one attached hydrogen (secondary N) is 1. The number of hydrogen-bond donors (Lipinski definition) is 1. The third-order valence-electron chi connectivity index (χ3n) is 3.44. The maximum Gasteiger partial charge on any atom is 0.152 e. The zero-order valence-electron chi connectivity index (χ0n) is 10.6. The first-order valence-corrected chi connectivity index (χ1v) is 8.40. The van der Waals surface area contributed by atoms with E-state index < -0.39 is 9.84 Å². The Morgan fingerprint density at radius 3 is 2.74 bits per heavy atom. The minimum absolute atomic E-state index is 0.0843. The van der Waals surface area contributed by atoms with Crippen molar-refractivity contribution in [1.82, 2.24) is 0 Å².